The van der Waals surface area contributed by atoms with Crippen LogP contribution in [0.25, 0.3) is 0 Å². The summed E-state index contributed by atoms with van der Waals surface area (Å²) < 4.78 is 0. The number of nitrogens with zero attached hydrogens (tertiary/aromatic N) is 1. The molecule has 2 heteroatoms. The van der Waals surface area contributed by atoms with Crippen molar-refractivity contribution in [3.05, 3.63) is 92.7 Å². The van der Waals surface area contributed by atoms with Crippen molar-refractivity contribution in [2.24, 2.45) is 0 Å². The normalized spacial score (nSPS) is 11.9. The zero-order chi connectivity index (χ0) is 21.5. The Morgan fingerprint density at radius 2 is 1.07 bits per heavy atom. The van der Waals surface area contributed by atoms with Crippen LogP contribution in [0.1, 0.15) is 56.1 Å². The molecule has 0 amide bonds. The fourth-order valence-electron chi connectivity index (χ4n) is 4.76. The van der Waals surface area contributed by atoms with Crippen LogP contribution in [-0.4, -0.2) is 13.1 Å². The zero-order valence-corrected chi connectivity index (χ0v) is 20.6. The molecule has 1 nitrogen and oxygen atoms in total. The van der Waals surface area contributed by atoms with Gasteiger partial charge in [0.25, 0.3) is 0 Å². The van der Waals surface area contributed by atoms with Crippen molar-refractivity contribution in [2.75, 3.05) is 0 Å². The fourth-order valence-corrected chi connectivity index (χ4v) is 5.82. The van der Waals surface area contributed by atoms with Gasteiger partial charge in [-0.2, -0.15) is 0 Å². The van der Waals surface area contributed by atoms with Crippen LogP contribution < -0.4 is 5.32 Å². The SMILES string of the molecule is Cc1cc(C)c(C(c2cccc([Si](C)(C)C)n2)c2c(C)cc(C)cc2C)c(C)c1. The summed E-state index contributed by atoms with van der Waals surface area (Å²) in [6, 6.07) is 15.9. The minimum atomic E-state index is -1.50. The Morgan fingerprint density at radius 1 is 0.655 bits per heavy atom. The highest BCUT2D eigenvalue weighted by atomic mass is 28.3. The molecule has 0 aliphatic heterocycles. The lowest BCUT2D eigenvalue weighted by Crippen LogP contribution is -2.40. The van der Waals surface area contributed by atoms with Crippen LogP contribution in [0.4, 0.5) is 0 Å². The van der Waals surface area contributed by atoms with E-state index in [1.54, 1.807) is 0 Å². The number of rotatable bonds is 4. The number of benzene rings is 2. The predicted octanol–water partition coefficient (Wildman–Crippen LogP) is 6.66. The molecule has 0 aliphatic rings. The summed E-state index contributed by atoms with van der Waals surface area (Å²) in [5.74, 6) is 0.160. The maximum atomic E-state index is 5.27. The van der Waals surface area contributed by atoms with Crippen LogP contribution in [0.5, 0.6) is 0 Å². The summed E-state index contributed by atoms with van der Waals surface area (Å²) in [7, 11) is -1.50. The molecule has 0 N–H and O–H groups in total. The van der Waals surface area contributed by atoms with Crippen LogP contribution in [0, 0.1) is 41.5 Å². The molecule has 3 aromatic rings. The van der Waals surface area contributed by atoms with E-state index in [0.717, 1.165) is 0 Å². The Balaban J connectivity index is 2.36. The van der Waals surface area contributed by atoms with E-state index in [1.165, 1.54) is 55.5 Å². The molecule has 0 saturated heterocycles. The standard InChI is InChI=1S/C27H35NSi/c1-17-13-19(3)25(20(4)14-17)27(26-21(5)15-18(2)16-22(26)6)23-11-10-12-24(28-23)29(7,8)9/h10-16,27H,1-9H3. The molecule has 152 valence electrons. The van der Waals surface area contributed by atoms with Gasteiger partial charge in [-0.1, -0.05) is 61.1 Å². The summed E-state index contributed by atoms with van der Waals surface area (Å²) in [6.07, 6.45) is 0. The molecule has 1 aromatic heterocycles. The molecule has 29 heavy (non-hydrogen) atoms. The zero-order valence-electron chi connectivity index (χ0n) is 19.6. The first-order chi connectivity index (χ1) is 13.5. The lowest BCUT2D eigenvalue weighted by Gasteiger charge is -2.27. The molecule has 0 bridgehead atoms. The first kappa shape index (κ1) is 21.5. The first-order valence-electron chi connectivity index (χ1n) is 10.6. The minimum absolute atomic E-state index is 0.160. The monoisotopic (exact) mass is 401 g/mol. The third kappa shape index (κ3) is 4.38. The second-order valence-corrected chi connectivity index (χ2v) is 14.8. The van der Waals surface area contributed by atoms with E-state index in [2.05, 4.69) is 104 Å². The number of pyridine rings is 1. The Morgan fingerprint density at radius 3 is 1.45 bits per heavy atom. The molecule has 0 atom stereocenters. The van der Waals surface area contributed by atoms with Crippen molar-refractivity contribution in [2.45, 2.75) is 67.1 Å². The van der Waals surface area contributed by atoms with Gasteiger partial charge in [0.1, 0.15) is 8.07 Å². The Hall–Kier alpha value is -2.19. The highest BCUT2D eigenvalue weighted by Crippen LogP contribution is 2.38. The van der Waals surface area contributed by atoms with E-state index < -0.39 is 8.07 Å². The van der Waals surface area contributed by atoms with Crippen molar-refractivity contribution >= 4 is 13.4 Å². The molecule has 0 saturated carbocycles. The molecule has 0 unspecified atom stereocenters. The quantitative estimate of drug-likeness (QED) is 0.446. The molecule has 0 aliphatic carbocycles. The summed E-state index contributed by atoms with van der Waals surface area (Å²) in [5, 5.41) is 1.28. The second kappa shape index (κ2) is 7.91. The van der Waals surface area contributed by atoms with E-state index in [4.69, 9.17) is 4.98 Å². The Bertz CT molecular complexity index is 953. The Kier molecular flexibility index (Phi) is 5.87. The van der Waals surface area contributed by atoms with Gasteiger partial charge in [0.05, 0.1) is 11.6 Å². The summed E-state index contributed by atoms with van der Waals surface area (Å²) in [5.41, 5.74) is 12.1. The fraction of sp³-hybridized carbons (Fsp3) is 0.370. The predicted molar refractivity (Wildman–Crippen MR) is 129 cm³/mol. The van der Waals surface area contributed by atoms with Gasteiger partial charge in [0, 0.05) is 5.32 Å². The molecule has 0 radical (unpaired) electrons. The summed E-state index contributed by atoms with van der Waals surface area (Å²) >= 11 is 0. The molecule has 0 fully saturated rings. The number of aryl methyl sites for hydroxylation is 6. The molecular formula is C27H35NSi. The van der Waals surface area contributed by atoms with Crippen LogP contribution in [-0.2, 0) is 0 Å². The number of hydrogen-bond acceptors (Lipinski definition) is 1. The maximum absolute atomic E-state index is 5.27. The van der Waals surface area contributed by atoms with Crippen molar-refractivity contribution in [1.29, 1.82) is 0 Å². The smallest absolute Gasteiger partial charge is 0.101 e. The van der Waals surface area contributed by atoms with Crippen molar-refractivity contribution in [1.82, 2.24) is 4.98 Å². The molecule has 2 aromatic carbocycles. The van der Waals surface area contributed by atoms with E-state index in [1.807, 2.05) is 0 Å². The molecule has 1 heterocycles. The molecule has 0 spiro atoms. The van der Waals surface area contributed by atoms with Gasteiger partial charge in [0.2, 0.25) is 0 Å². The van der Waals surface area contributed by atoms with Gasteiger partial charge < -0.3 is 0 Å². The topological polar surface area (TPSA) is 12.9 Å². The van der Waals surface area contributed by atoms with Crippen molar-refractivity contribution < 1.29 is 0 Å². The first-order valence-corrected chi connectivity index (χ1v) is 14.1. The third-order valence-corrected chi connectivity index (χ3v) is 7.70. The highest BCUT2D eigenvalue weighted by molar-refractivity contribution is 6.88. The maximum Gasteiger partial charge on any atom is 0.101 e. The third-order valence-electron chi connectivity index (χ3n) is 5.89. The lowest BCUT2D eigenvalue weighted by atomic mass is 9.79. The van der Waals surface area contributed by atoms with E-state index in [-0.39, 0.29) is 5.92 Å². The van der Waals surface area contributed by atoms with E-state index >= 15 is 0 Å². The van der Waals surface area contributed by atoms with Gasteiger partial charge >= 0.3 is 0 Å². The Labute approximate surface area is 178 Å². The molecule has 3 rings (SSSR count). The van der Waals surface area contributed by atoms with Crippen LogP contribution in [0.2, 0.25) is 19.6 Å². The summed E-state index contributed by atoms with van der Waals surface area (Å²) in [6.45, 7) is 20.5. The van der Waals surface area contributed by atoms with Crippen molar-refractivity contribution in [3.63, 3.8) is 0 Å². The van der Waals surface area contributed by atoms with Gasteiger partial charge in [-0.15, -0.1) is 0 Å². The van der Waals surface area contributed by atoms with Crippen molar-refractivity contribution in [3.8, 4) is 0 Å². The van der Waals surface area contributed by atoms with Gasteiger partial charge in [-0.05, 0) is 87.1 Å². The second-order valence-electron chi connectivity index (χ2n) is 9.76. The average Bonchev–Trinajstić information content (AvgIpc) is 2.58. The van der Waals surface area contributed by atoms with E-state index in [0.29, 0.717) is 0 Å². The van der Waals surface area contributed by atoms with Gasteiger partial charge in [-0.3, -0.25) is 4.98 Å². The van der Waals surface area contributed by atoms with Crippen LogP contribution >= 0.6 is 0 Å². The average molecular weight is 402 g/mol. The van der Waals surface area contributed by atoms with Crippen LogP contribution in [0.3, 0.4) is 0 Å². The van der Waals surface area contributed by atoms with Crippen LogP contribution in [0.15, 0.2) is 42.5 Å². The lowest BCUT2D eigenvalue weighted by molar-refractivity contribution is 0.881. The number of aromatic nitrogens is 1. The highest BCUT2D eigenvalue weighted by Gasteiger charge is 2.27. The van der Waals surface area contributed by atoms with E-state index in [9.17, 15) is 0 Å². The minimum Gasteiger partial charge on any atom is -0.262 e. The number of hydrogen-bond donors (Lipinski definition) is 0. The van der Waals surface area contributed by atoms with Gasteiger partial charge in [0.15, 0.2) is 0 Å². The van der Waals surface area contributed by atoms with Gasteiger partial charge in [-0.25, -0.2) is 0 Å². The molecular weight excluding hydrogens is 366 g/mol. The summed E-state index contributed by atoms with van der Waals surface area (Å²) in [4.78, 5) is 5.27. The largest absolute Gasteiger partial charge is 0.262 e.